The normalized spacial score (nSPS) is 30.8. The summed E-state index contributed by atoms with van der Waals surface area (Å²) in [5.74, 6) is 0.799. The Balaban J connectivity index is 1.54. The fraction of sp³-hybridized carbons (Fsp3) is 0.765. The van der Waals surface area contributed by atoms with E-state index in [4.69, 9.17) is 4.74 Å². The molecule has 0 radical (unpaired) electrons. The summed E-state index contributed by atoms with van der Waals surface area (Å²) in [6.07, 6.45) is 5.82. The third-order valence-corrected chi connectivity index (χ3v) is 5.33. The van der Waals surface area contributed by atoms with E-state index in [0.29, 0.717) is 24.4 Å². The number of ether oxygens (including phenoxy) is 1. The van der Waals surface area contributed by atoms with Crippen LogP contribution in [0.15, 0.2) is 12.4 Å². The smallest absolute Gasteiger partial charge is 0.317 e. The highest BCUT2D eigenvalue weighted by molar-refractivity contribution is 5.74. The number of hydrogen-bond acceptors (Lipinski definition) is 4. The topological polar surface area (TPSA) is 73.5 Å². The van der Waals surface area contributed by atoms with E-state index in [1.54, 1.807) is 0 Å². The van der Waals surface area contributed by atoms with Gasteiger partial charge in [0.25, 0.3) is 0 Å². The lowest BCUT2D eigenvalue weighted by Gasteiger charge is -2.31. The van der Waals surface area contributed by atoms with Crippen molar-refractivity contribution in [2.75, 3.05) is 40.3 Å². The number of H-pyrrole nitrogens is 1. The lowest BCUT2D eigenvalue weighted by atomic mass is 9.91. The molecule has 1 aromatic heterocycles. The molecule has 2 N–H and O–H groups in total. The standard InChI is InChI=1S/C17H29N5O2/c1-12-10-22(11-15(12)21(2)3)17(23)18-7-13-5-4-6-24-16(13)14-8-19-20-9-14/h8-9,12-13,15-16H,4-7,10-11H2,1-3H3,(H,18,23)(H,19,20)/t12?,13-,15?,16+/m0/s1. The Kier molecular flexibility index (Phi) is 5.40. The first-order valence-electron chi connectivity index (χ1n) is 8.85. The van der Waals surface area contributed by atoms with Crippen LogP contribution in [0.5, 0.6) is 0 Å². The summed E-state index contributed by atoms with van der Waals surface area (Å²) >= 11 is 0. The average molecular weight is 335 g/mol. The second-order valence-corrected chi connectivity index (χ2v) is 7.32. The van der Waals surface area contributed by atoms with Gasteiger partial charge < -0.3 is 19.9 Å². The van der Waals surface area contributed by atoms with Gasteiger partial charge >= 0.3 is 6.03 Å². The fourth-order valence-electron chi connectivity index (χ4n) is 3.96. The minimum absolute atomic E-state index is 0.0184. The van der Waals surface area contributed by atoms with Crippen LogP contribution in [0, 0.1) is 11.8 Å². The summed E-state index contributed by atoms with van der Waals surface area (Å²) in [5.41, 5.74) is 1.07. The molecule has 0 bridgehead atoms. The Morgan fingerprint density at radius 3 is 3.00 bits per heavy atom. The Labute approximate surface area is 143 Å². The summed E-state index contributed by atoms with van der Waals surface area (Å²) in [6.45, 7) is 5.25. The van der Waals surface area contributed by atoms with E-state index < -0.39 is 0 Å². The number of amides is 2. The fourth-order valence-corrected chi connectivity index (χ4v) is 3.96. The molecular weight excluding hydrogens is 306 g/mol. The number of carbonyl (C=O) groups excluding carboxylic acids is 1. The molecule has 0 spiro atoms. The summed E-state index contributed by atoms with van der Waals surface area (Å²) in [5, 5.41) is 9.99. The summed E-state index contributed by atoms with van der Waals surface area (Å²) in [7, 11) is 4.16. The van der Waals surface area contributed by atoms with Crippen molar-refractivity contribution < 1.29 is 9.53 Å². The van der Waals surface area contributed by atoms with Crippen molar-refractivity contribution in [2.45, 2.75) is 31.9 Å². The van der Waals surface area contributed by atoms with E-state index in [1.165, 1.54) is 0 Å². The van der Waals surface area contributed by atoms with Gasteiger partial charge in [0, 0.05) is 50.0 Å². The molecule has 2 saturated heterocycles. The second-order valence-electron chi connectivity index (χ2n) is 7.32. The number of nitrogens with one attached hydrogen (secondary N) is 2. The number of aromatic nitrogens is 2. The molecule has 7 heteroatoms. The van der Waals surface area contributed by atoms with Gasteiger partial charge in [0.05, 0.1) is 12.3 Å². The molecule has 0 aromatic carbocycles. The lowest BCUT2D eigenvalue weighted by molar-refractivity contribution is -0.0271. The van der Waals surface area contributed by atoms with Gasteiger partial charge in [-0.25, -0.2) is 4.79 Å². The number of aromatic amines is 1. The van der Waals surface area contributed by atoms with Gasteiger partial charge in [-0.1, -0.05) is 6.92 Å². The molecule has 1 aromatic rings. The molecule has 2 unspecified atom stereocenters. The Morgan fingerprint density at radius 2 is 2.33 bits per heavy atom. The maximum atomic E-state index is 12.5. The van der Waals surface area contributed by atoms with E-state index in [1.807, 2.05) is 17.3 Å². The number of likely N-dealkylation sites (tertiary alicyclic amines) is 1. The molecular formula is C17H29N5O2. The van der Waals surface area contributed by atoms with Gasteiger partial charge in [-0.05, 0) is 32.9 Å². The van der Waals surface area contributed by atoms with E-state index in [2.05, 4.69) is 41.4 Å². The Morgan fingerprint density at radius 1 is 1.50 bits per heavy atom. The Hall–Kier alpha value is -1.60. The summed E-state index contributed by atoms with van der Waals surface area (Å²) in [4.78, 5) is 16.7. The highest BCUT2D eigenvalue weighted by Crippen LogP contribution is 2.32. The van der Waals surface area contributed by atoms with Crippen LogP contribution in [-0.4, -0.2) is 72.4 Å². The molecule has 0 saturated carbocycles. The molecule has 24 heavy (non-hydrogen) atoms. The van der Waals surface area contributed by atoms with Crippen LogP contribution >= 0.6 is 0 Å². The van der Waals surface area contributed by atoms with Crippen LogP contribution < -0.4 is 5.32 Å². The van der Waals surface area contributed by atoms with E-state index in [0.717, 1.165) is 38.1 Å². The predicted molar refractivity (Wildman–Crippen MR) is 91.6 cm³/mol. The predicted octanol–water partition coefficient (Wildman–Crippen LogP) is 1.47. The van der Waals surface area contributed by atoms with Crippen molar-refractivity contribution in [1.29, 1.82) is 0 Å². The number of carbonyl (C=O) groups is 1. The second kappa shape index (κ2) is 7.53. The number of hydrogen-bond donors (Lipinski definition) is 2. The molecule has 4 atom stereocenters. The monoisotopic (exact) mass is 335 g/mol. The minimum atomic E-state index is 0.0184. The van der Waals surface area contributed by atoms with Crippen molar-refractivity contribution in [3.63, 3.8) is 0 Å². The van der Waals surface area contributed by atoms with Gasteiger partial charge in [0.1, 0.15) is 0 Å². The summed E-state index contributed by atoms with van der Waals surface area (Å²) < 4.78 is 5.93. The molecule has 3 rings (SSSR count). The molecule has 2 amide bonds. The molecule has 2 fully saturated rings. The first kappa shape index (κ1) is 17.2. The molecule has 0 aliphatic carbocycles. The summed E-state index contributed by atoms with van der Waals surface area (Å²) in [6, 6.07) is 0.482. The molecule has 2 aliphatic rings. The SMILES string of the molecule is CC1CN(C(=O)NC[C@@H]2CCCO[C@H]2c2cn[nH]c2)CC1N(C)C. The number of nitrogens with zero attached hydrogens (tertiary/aromatic N) is 3. The van der Waals surface area contributed by atoms with Gasteiger partial charge in [-0.15, -0.1) is 0 Å². The van der Waals surface area contributed by atoms with E-state index in [9.17, 15) is 4.79 Å². The zero-order valence-electron chi connectivity index (χ0n) is 14.9. The minimum Gasteiger partial charge on any atom is -0.373 e. The lowest BCUT2D eigenvalue weighted by Crippen LogP contribution is -2.43. The zero-order valence-corrected chi connectivity index (χ0v) is 14.9. The maximum absolute atomic E-state index is 12.5. The van der Waals surface area contributed by atoms with Crippen LogP contribution in [0.3, 0.4) is 0 Å². The van der Waals surface area contributed by atoms with E-state index >= 15 is 0 Å². The number of likely N-dealkylation sites (N-methyl/N-ethyl adjacent to an activating group) is 1. The van der Waals surface area contributed by atoms with Crippen molar-refractivity contribution in [3.8, 4) is 0 Å². The van der Waals surface area contributed by atoms with E-state index in [-0.39, 0.29) is 12.1 Å². The highest BCUT2D eigenvalue weighted by atomic mass is 16.5. The third kappa shape index (κ3) is 3.72. The first-order valence-corrected chi connectivity index (χ1v) is 8.85. The van der Waals surface area contributed by atoms with Crippen LogP contribution in [-0.2, 0) is 4.74 Å². The third-order valence-electron chi connectivity index (χ3n) is 5.33. The maximum Gasteiger partial charge on any atom is 0.317 e. The van der Waals surface area contributed by atoms with Gasteiger partial charge in [0.15, 0.2) is 0 Å². The quantitative estimate of drug-likeness (QED) is 0.874. The van der Waals surface area contributed by atoms with Gasteiger partial charge in [-0.2, -0.15) is 5.10 Å². The molecule has 7 nitrogen and oxygen atoms in total. The Bertz CT molecular complexity index is 533. The molecule has 2 aliphatic heterocycles. The van der Waals surface area contributed by atoms with Crippen LogP contribution in [0.1, 0.15) is 31.4 Å². The van der Waals surface area contributed by atoms with Crippen LogP contribution in [0.4, 0.5) is 4.79 Å². The molecule has 3 heterocycles. The average Bonchev–Trinajstić information content (AvgIpc) is 3.22. The molecule has 134 valence electrons. The number of urea groups is 1. The first-order chi connectivity index (χ1) is 11.6. The van der Waals surface area contributed by atoms with Crippen molar-refractivity contribution in [1.82, 2.24) is 25.3 Å². The van der Waals surface area contributed by atoms with Crippen LogP contribution in [0.25, 0.3) is 0 Å². The van der Waals surface area contributed by atoms with Gasteiger partial charge in [-0.3, -0.25) is 5.10 Å². The number of rotatable bonds is 4. The van der Waals surface area contributed by atoms with Crippen molar-refractivity contribution in [2.24, 2.45) is 11.8 Å². The largest absolute Gasteiger partial charge is 0.373 e. The van der Waals surface area contributed by atoms with Crippen LogP contribution in [0.2, 0.25) is 0 Å². The van der Waals surface area contributed by atoms with Crippen molar-refractivity contribution >= 4 is 6.03 Å². The highest BCUT2D eigenvalue weighted by Gasteiger charge is 2.34. The van der Waals surface area contributed by atoms with Crippen molar-refractivity contribution in [3.05, 3.63) is 18.0 Å². The zero-order chi connectivity index (χ0) is 17.1. The van der Waals surface area contributed by atoms with Gasteiger partial charge in [0.2, 0.25) is 0 Å².